The number of carbonyl (C=O) groups excluding carboxylic acids is 2. The second kappa shape index (κ2) is 8.56. The van der Waals surface area contributed by atoms with E-state index in [4.69, 9.17) is 0 Å². The van der Waals surface area contributed by atoms with Gasteiger partial charge in [-0.25, -0.2) is 9.78 Å². The quantitative estimate of drug-likeness (QED) is 0.806. The predicted octanol–water partition coefficient (Wildman–Crippen LogP) is 2.75. The van der Waals surface area contributed by atoms with E-state index >= 15 is 0 Å². The summed E-state index contributed by atoms with van der Waals surface area (Å²) in [5.41, 5.74) is 0.439. The number of thioether (sulfide) groups is 1. The van der Waals surface area contributed by atoms with Gasteiger partial charge in [-0.1, -0.05) is 0 Å². The van der Waals surface area contributed by atoms with Gasteiger partial charge in [-0.15, -0.1) is 11.8 Å². The average molecular weight is 365 g/mol. The Balaban J connectivity index is 1.81. The summed E-state index contributed by atoms with van der Waals surface area (Å²) in [6.45, 7) is 7.95. The molecule has 0 atom stereocenters. The van der Waals surface area contributed by atoms with Gasteiger partial charge in [-0.2, -0.15) is 0 Å². The molecule has 0 unspecified atom stereocenters. The number of piperidine rings is 1. The molecule has 3 amide bonds. The third-order valence-corrected chi connectivity index (χ3v) is 4.85. The van der Waals surface area contributed by atoms with E-state index in [0.29, 0.717) is 18.0 Å². The van der Waals surface area contributed by atoms with E-state index in [1.54, 1.807) is 12.3 Å². The lowest BCUT2D eigenvalue weighted by Crippen LogP contribution is -2.48. The lowest BCUT2D eigenvalue weighted by molar-refractivity contribution is 0.0686. The number of pyridine rings is 1. The Morgan fingerprint density at radius 3 is 2.60 bits per heavy atom. The van der Waals surface area contributed by atoms with Crippen LogP contribution in [0.4, 0.5) is 4.79 Å². The molecule has 25 heavy (non-hydrogen) atoms. The molecule has 1 aromatic heterocycles. The van der Waals surface area contributed by atoms with Gasteiger partial charge in [0, 0.05) is 31.4 Å². The van der Waals surface area contributed by atoms with Crippen molar-refractivity contribution in [3.63, 3.8) is 0 Å². The van der Waals surface area contributed by atoms with E-state index in [1.807, 2.05) is 38.0 Å². The molecule has 6 nitrogen and oxygen atoms in total. The van der Waals surface area contributed by atoms with Crippen LogP contribution in [0.25, 0.3) is 0 Å². The Bertz CT molecular complexity index is 607. The van der Waals surface area contributed by atoms with E-state index < -0.39 is 0 Å². The molecule has 1 fully saturated rings. The first-order chi connectivity index (χ1) is 11.8. The number of rotatable bonds is 4. The normalized spacial score (nSPS) is 15.8. The number of hydrogen-bond donors (Lipinski definition) is 2. The molecule has 0 aromatic carbocycles. The van der Waals surface area contributed by atoms with E-state index in [0.717, 1.165) is 31.0 Å². The van der Waals surface area contributed by atoms with Crippen LogP contribution in [-0.4, -0.2) is 53.3 Å². The van der Waals surface area contributed by atoms with E-state index in [-0.39, 0.29) is 17.5 Å². The Hall–Kier alpha value is -1.76. The first-order valence-corrected chi connectivity index (χ1v) is 9.87. The van der Waals surface area contributed by atoms with Crippen molar-refractivity contribution in [3.8, 4) is 0 Å². The zero-order valence-corrected chi connectivity index (χ0v) is 16.3. The van der Waals surface area contributed by atoms with E-state index in [2.05, 4.69) is 15.6 Å². The minimum absolute atomic E-state index is 0.0503. The molecule has 0 spiro atoms. The van der Waals surface area contributed by atoms with Crippen LogP contribution in [0.1, 0.15) is 44.0 Å². The maximum absolute atomic E-state index is 12.7. The highest BCUT2D eigenvalue weighted by molar-refractivity contribution is 7.98. The van der Waals surface area contributed by atoms with Crippen LogP contribution in [0.15, 0.2) is 23.4 Å². The van der Waals surface area contributed by atoms with Gasteiger partial charge in [0.15, 0.2) is 0 Å². The topological polar surface area (TPSA) is 74.3 Å². The zero-order valence-electron chi connectivity index (χ0n) is 15.5. The highest BCUT2D eigenvalue weighted by Crippen LogP contribution is 2.22. The largest absolute Gasteiger partial charge is 0.339 e. The Labute approximate surface area is 154 Å². The van der Waals surface area contributed by atoms with Gasteiger partial charge in [0.2, 0.25) is 0 Å². The van der Waals surface area contributed by atoms with Crippen molar-refractivity contribution in [2.45, 2.75) is 44.2 Å². The number of nitrogens with zero attached hydrogens (tertiary/aromatic N) is 2. The lowest BCUT2D eigenvalue weighted by Gasteiger charge is -2.32. The summed E-state index contributed by atoms with van der Waals surface area (Å²) in [4.78, 5) is 30.7. The second-order valence-electron chi connectivity index (χ2n) is 7.38. The smallest absolute Gasteiger partial charge is 0.315 e. The molecule has 2 rings (SSSR count). The maximum atomic E-state index is 12.7. The Morgan fingerprint density at radius 1 is 1.32 bits per heavy atom. The standard InChI is InChI=1S/C18H28N4O2S/c1-18(2,3)21-17(24)20-12-13-7-10-22(11-8-13)16(23)14-6-5-9-19-15(14)25-4/h5-6,9,13H,7-8,10-12H2,1-4H3,(H2,20,21,24). The minimum atomic E-state index is -0.238. The zero-order chi connectivity index (χ0) is 18.4. The van der Waals surface area contributed by atoms with Gasteiger partial charge in [-0.3, -0.25) is 4.79 Å². The summed E-state index contributed by atoms with van der Waals surface area (Å²) in [6.07, 6.45) is 5.44. The fraction of sp³-hybridized carbons (Fsp3) is 0.611. The molecule has 1 aliphatic rings. The van der Waals surface area contributed by atoms with Crippen molar-refractivity contribution in [2.75, 3.05) is 25.9 Å². The van der Waals surface area contributed by atoms with Crippen molar-refractivity contribution in [1.29, 1.82) is 0 Å². The maximum Gasteiger partial charge on any atom is 0.315 e. The summed E-state index contributed by atoms with van der Waals surface area (Å²) in [6, 6.07) is 3.51. The van der Waals surface area contributed by atoms with Gasteiger partial charge in [0.1, 0.15) is 5.03 Å². The van der Waals surface area contributed by atoms with Crippen LogP contribution in [0.3, 0.4) is 0 Å². The van der Waals surface area contributed by atoms with Crippen LogP contribution in [-0.2, 0) is 0 Å². The fourth-order valence-corrected chi connectivity index (χ4v) is 3.39. The second-order valence-corrected chi connectivity index (χ2v) is 8.18. The summed E-state index contributed by atoms with van der Waals surface area (Å²) < 4.78 is 0. The van der Waals surface area contributed by atoms with E-state index in [9.17, 15) is 9.59 Å². The number of urea groups is 1. The molecular weight excluding hydrogens is 336 g/mol. The summed E-state index contributed by atoms with van der Waals surface area (Å²) in [5, 5.41) is 6.61. The molecule has 1 aromatic rings. The van der Waals surface area contributed by atoms with Crippen LogP contribution in [0.5, 0.6) is 0 Å². The Kier molecular flexibility index (Phi) is 6.70. The molecule has 2 heterocycles. The molecule has 1 aliphatic heterocycles. The van der Waals surface area contributed by atoms with Crippen molar-refractivity contribution < 1.29 is 9.59 Å². The molecule has 0 radical (unpaired) electrons. The van der Waals surface area contributed by atoms with Crippen LogP contribution < -0.4 is 10.6 Å². The van der Waals surface area contributed by atoms with Gasteiger partial charge in [0.05, 0.1) is 5.56 Å². The molecule has 0 saturated carbocycles. The number of nitrogens with one attached hydrogen (secondary N) is 2. The predicted molar refractivity (Wildman–Crippen MR) is 101 cm³/mol. The Morgan fingerprint density at radius 2 is 2.00 bits per heavy atom. The fourth-order valence-electron chi connectivity index (χ4n) is 2.85. The number of likely N-dealkylation sites (tertiary alicyclic amines) is 1. The van der Waals surface area contributed by atoms with Crippen molar-refractivity contribution in [3.05, 3.63) is 23.9 Å². The molecule has 2 N–H and O–H groups in total. The number of aromatic nitrogens is 1. The lowest BCUT2D eigenvalue weighted by atomic mass is 9.96. The number of hydrogen-bond acceptors (Lipinski definition) is 4. The van der Waals surface area contributed by atoms with Crippen LogP contribution >= 0.6 is 11.8 Å². The summed E-state index contributed by atoms with van der Waals surface area (Å²) >= 11 is 1.49. The van der Waals surface area contributed by atoms with Crippen molar-refractivity contribution >= 4 is 23.7 Å². The van der Waals surface area contributed by atoms with Crippen LogP contribution in [0.2, 0.25) is 0 Å². The minimum Gasteiger partial charge on any atom is -0.339 e. The van der Waals surface area contributed by atoms with E-state index in [1.165, 1.54) is 11.8 Å². The number of amides is 3. The van der Waals surface area contributed by atoms with Crippen molar-refractivity contribution in [1.82, 2.24) is 20.5 Å². The van der Waals surface area contributed by atoms with Crippen molar-refractivity contribution in [2.24, 2.45) is 5.92 Å². The highest BCUT2D eigenvalue weighted by Gasteiger charge is 2.25. The first-order valence-electron chi connectivity index (χ1n) is 8.64. The monoisotopic (exact) mass is 364 g/mol. The van der Waals surface area contributed by atoms with Gasteiger partial charge < -0.3 is 15.5 Å². The summed E-state index contributed by atoms with van der Waals surface area (Å²) in [5.74, 6) is 0.457. The third-order valence-electron chi connectivity index (χ3n) is 4.14. The molecule has 1 saturated heterocycles. The average Bonchev–Trinajstić information content (AvgIpc) is 2.58. The van der Waals surface area contributed by atoms with Gasteiger partial charge >= 0.3 is 6.03 Å². The van der Waals surface area contributed by atoms with Gasteiger partial charge in [0.25, 0.3) is 5.91 Å². The molecule has 138 valence electrons. The highest BCUT2D eigenvalue weighted by atomic mass is 32.2. The third kappa shape index (κ3) is 5.92. The van der Waals surface area contributed by atoms with Crippen LogP contribution in [0, 0.1) is 5.92 Å². The van der Waals surface area contributed by atoms with Gasteiger partial charge in [-0.05, 0) is 57.9 Å². The SMILES string of the molecule is CSc1ncccc1C(=O)N1CCC(CNC(=O)NC(C)(C)C)CC1. The molecule has 0 aliphatic carbocycles. The number of carbonyl (C=O) groups is 2. The molecule has 0 bridgehead atoms. The molecular formula is C18H28N4O2S. The summed E-state index contributed by atoms with van der Waals surface area (Å²) in [7, 11) is 0. The molecule has 7 heteroatoms. The first kappa shape index (κ1) is 19.6.